The highest BCUT2D eigenvalue weighted by Crippen LogP contribution is 2.24. The first-order valence-corrected chi connectivity index (χ1v) is 8.32. The molecular formula is C14H15ClN2O2S. The summed E-state index contributed by atoms with van der Waals surface area (Å²) >= 11 is 5.85. The van der Waals surface area contributed by atoms with Crippen molar-refractivity contribution in [3.05, 3.63) is 53.2 Å². The maximum absolute atomic E-state index is 11.7. The molecule has 2 aromatic rings. The molecular weight excluding hydrogens is 296 g/mol. The van der Waals surface area contributed by atoms with E-state index >= 15 is 0 Å². The van der Waals surface area contributed by atoms with Crippen LogP contribution in [-0.2, 0) is 9.84 Å². The van der Waals surface area contributed by atoms with E-state index in [-0.39, 0.29) is 10.9 Å². The second kappa shape index (κ2) is 5.81. The molecule has 0 aliphatic heterocycles. The number of anilines is 1. The van der Waals surface area contributed by atoms with Gasteiger partial charge in [-0.05, 0) is 36.8 Å². The summed E-state index contributed by atoms with van der Waals surface area (Å²) in [6.45, 7) is 1.93. The monoisotopic (exact) mass is 310 g/mol. The van der Waals surface area contributed by atoms with Crippen molar-refractivity contribution in [3.63, 3.8) is 0 Å². The second-order valence-electron chi connectivity index (χ2n) is 4.54. The first-order valence-electron chi connectivity index (χ1n) is 6.05. The van der Waals surface area contributed by atoms with E-state index in [1.54, 1.807) is 30.5 Å². The number of hydrogen-bond acceptors (Lipinski definition) is 4. The number of rotatable bonds is 4. The van der Waals surface area contributed by atoms with Crippen molar-refractivity contribution in [1.29, 1.82) is 0 Å². The van der Waals surface area contributed by atoms with Gasteiger partial charge in [0, 0.05) is 23.5 Å². The van der Waals surface area contributed by atoms with E-state index in [0.29, 0.717) is 10.8 Å². The van der Waals surface area contributed by atoms with Gasteiger partial charge in [0.1, 0.15) is 10.7 Å². The SMILES string of the molecule is CC(Nc1ncccc1S(C)(=O)=O)c1ccc(Cl)cc1. The molecule has 1 atom stereocenters. The maximum atomic E-state index is 11.7. The van der Waals surface area contributed by atoms with E-state index in [9.17, 15) is 8.42 Å². The van der Waals surface area contributed by atoms with Gasteiger partial charge in [-0.1, -0.05) is 23.7 Å². The maximum Gasteiger partial charge on any atom is 0.179 e. The van der Waals surface area contributed by atoms with E-state index in [0.717, 1.165) is 5.56 Å². The molecule has 0 aliphatic carbocycles. The standard InChI is InChI=1S/C14H15ClN2O2S/c1-10(11-5-7-12(15)8-6-11)17-14-13(20(2,18)19)4-3-9-16-14/h3-10H,1-2H3,(H,16,17). The summed E-state index contributed by atoms with van der Waals surface area (Å²) in [5, 5.41) is 3.78. The molecule has 4 nitrogen and oxygen atoms in total. The molecule has 6 heteroatoms. The average molecular weight is 311 g/mol. The van der Waals surface area contributed by atoms with Gasteiger partial charge in [-0.2, -0.15) is 0 Å². The van der Waals surface area contributed by atoms with Gasteiger partial charge in [0.05, 0.1) is 0 Å². The Balaban J connectivity index is 2.28. The minimum Gasteiger partial charge on any atom is -0.362 e. The zero-order valence-electron chi connectivity index (χ0n) is 11.2. The van der Waals surface area contributed by atoms with Crippen LogP contribution < -0.4 is 5.32 Å². The zero-order valence-corrected chi connectivity index (χ0v) is 12.7. The summed E-state index contributed by atoms with van der Waals surface area (Å²) < 4.78 is 23.4. The molecule has 0 bridgehead atoms. The fourth-order valence-corrected chi connectivity index (χ4v) is 2.75. The van der Waals surface area contributed by atoms with Crippen LogP contribution in [0.1, 0.15) is 18.5 Å². The Bertz CT molecular complexity index is 699. The number of pyridine rings is 1. The fourth-order valence-electron chi connectivity index (χ4n) is 1.84. The molecule has 0 radical (unpaired) electrons. The molecule has 106 valence electrons. The third-order valence-electron chi connectivity index (χ3n) is 2.89. The molecule has 0 aliphatic rings. The van der Waals surface area contributed by atoms with Gasteiger partial charge in [0.15, 0.2) is 9.84 Å². The molecule has 20 heavy (non-hydrogen) atoms. The topological polar surface area (TPSA) is 59.1 Å². The number of nitrogens with zero attached hydrogens (tertiary/aromatic N) is 1. The van der Waals surface area contributed by atoms with Crippen LogP contribution in [0.3, 0.4) is 0 Å². The van der Waals surface area contributed by atoms with Crippen LogP contribution in [0.15, 0.2) is 47.5 Å². The molecule has 1 unspecified atom stereocenters. The lowest BCUT2D eigenvalue weighted by molar-refractivity contribution is 0.601. The highest BCUT2D eigenvalue weighted by atomic mass is 35.5. The first-order chi connectivity index (χ1) is 9.38. The highest BCUT2D eigenvalue weighted by molar-refractivity contribution is 7.90. The Hall–Kier alpha value is -1.59. The summed E-state index contributed by atoms with van der Waals surface area (Å²) in [4.78, 5) is 4.31. The Morgan fingerprint density at radius 2 is 1.85 bits per heavy atom. The normalized spacial score (nSPS) is 12.9. The van der Waals surface area contributed by atoms with Gasteiger partial charge >= 0.3 is 0 Å². The summed E-state index contributed by atoms with van der Waals surface area (Å²) in [7, 11) is -3.31. The van der Waals surface area contributed by atoms with E-state index in [1.165, 1.54) is 6.26 Å². The Morgan fingerprint density at radius 1 is 1.20 bits per heavy atom. The number of sulfone groups is 1. The second-order valence-corrected chi connectivity index (χ2v) is 6.96. The molecule has 0 fully saturated rings. The molecule has 0 saturated carbocycles. The summed E-state index contributed by atoms with van der Waals surface area (Å²) in [6, 6.07) is 10.4. The van der Waals surface area contributed by atoms with Crippen LogP contribution in [0, 0.1) is 0 Å². The van der Waals surface area contributed by atoms with Crippen molar-refractivity contribution in [3.8, 4) is 0 Å². The predicted octanol–water partition coefficient (Wildman–Crippen LogP) is 3.31. The first kappa shape index (κ1) is 14.8. The van der Waals surface area contributed by atoms with Crippen LogP contribution in [0.4, 0.5) is 5.82 Å². The Labute approximate surface area is 123 Å². The molecule has 0 spiro atoms. The number of nitrogens with one attached hydrogen (secondary N) is 1. The smallest absolute Gasteiger partial charge is 0.179 e. The van der Waals surface area contributed by atoms with Crippen molar-refractivity contribution >= 4 is 27.3 Å². The average Bonchev–Trinajstić information content (AvgIpc) is 2.38. The van der Waals surface area contributed by atoms with Crippen molar-refractivity contribution < 1.29 is 8.42 Å². The van der Waals surface area contributed by atoms with Crippen LogP contribution in [0.5, 0.6) is 0 Å². The summed E-state index contributed by atoms with van der Waals surface area (Å²) in [5.41, 5.74) is 1.000. The third-order valence-corrected chi connectivity index (χ3v) is 4.27. The van der Waals surface area contributed by atoms with Gasteiger partial charge in [-0.25, -0.2) is 13.4 Å². The fraction of sp³-hybridized carbons (Fsp3) is 0.214. The van der Waals surface area contributed by atoms with Crippen molar-refractivity contribution in [2.45, 2.75) is 17.9 Å². The molecule has 0 saturated heterocycles. The third kappa shape index (κ3) is 3.49. The largest absolute Gasteiger partial charge is 0.362 e. The van der Waals surface area contributed by atoms with Crippen LogP contribution in [0.2, 0.25) is 5.02 Å². The Kier molecular flexibility index (Phi) is 4.30. The lowest BCUT2D eigenvalue weighted by Crippen LogP contribution is -2.11. The van der Waals surface area contributed by atoms with Crippen molar-refractivity contribution in [2.75, 3.05) is 11.6 Å². The van der Waals surface area contributed by atoms with Gasteiger partial charge in [0.2, 0.25) is 0 Å². The predicted molar refractivity (Wildman–Crippen MR) is 80.8 cm³/mol. The molecule has 1 aromatic carbocycles. The number of hydrogen-bond donors (Lipinski definition) is 1. The molecule has 1 aromatic heterocycles. The van der Waals surface area contributed by atoms with Crippen molar-refractivity contribution in [1.82, 2.24) is 4.98 Å². The Morgan fingerprint density at radius 3 is 2.45 bits per heavy atom. The van der Waals surface area contributed by atoms with E-state index in [4.69, 9.17) is 11.6 Å². The minimum absolute atomic E-state index is 0.0809. The summed E-state index contributed by atoms with van der Waals surface area (Å²) in [5.74, 6) is 0.359. The lowest BCUT2D eigenvalue weighted by Gasteiger charge is -2.16. The number of aromatic nitrogens is 1. The molecule has 1 heterocycles. The lowest BCUT2D eigenvalue weighted by atomic mass is 10.1. The molecule has 2 rings (SSSR count). The van der Waals surface area contributed by atoms with E-state index in [2.05, 4.69) is 10.3 Å². The molecule has 1 N–H and O–H groups in total. The van der Waals surface area contributed by atoms with Crippen LogP contribution in [-0.4, -0.2) is 19.7 Å². The number of benzene rings is 1. The number of halogens is 1. The van der Waals surface area contributed by atoms with Crippen molar-refractivity contribution in [2.24, 2.45) is 0 Å². The highest BCUT2D eigenvalue weighted by Gasteiger charge is 2.16. The van der Waals surface area contributed by atoms with E-state index < -0.39 is 9.84 Å². The molecule has 0 amide bonds. The van der Waals surface area contributed by atoms with E-state index in [1.807, 2.05) is 19.1 Å². The minimum atomic E-state index is -3.31. The van der Waals surface area contributed by atoms with Crippen LogP contribution >= 0.6 is 11.6 Å². The van der Waals surface area contributed by atoms with Gasteiger partial charge in [-0.3, -0.25) is 0 Å². The van der Waals surface area contributed by atoms with Gasteiger partial charge in [-0.15, -0.1) is 0 Å². The summed E-state index contributed by atoms with van der Waals surface area (Å²) in [6.07, 6.45) is 2.73. The zero-order chi connectivity index (χ0) is 14.8. The quantitative estimate of drug-likeness (QED) is 0.941. The van der Waals surface area contributed by atoms with Gasteiger partial charge in [0.25, 0.3) is 0 Å². The van der Waals surface area contributed by atoms with Gasteiger partial charge < -0.3 is 5.32 Å². The van der Waals surface area contributed by atoms with Crippen LogP contribution in [0.25, 0.3) is 0 Å².